The fraction of sp³-hybridized carbons (Fsp3) is 0.263. The maximum absolute atomic E-state index is 12.6. The minimum absolute atomic E-state index is 0.0564. The van der Waals surface area contributed by atoms with E-state index in [0.29, 0.717) is 33.4 Å². The Morgan fingerprint density at radius 1 is 1.29 bits per heavy atom. The Bertz CT molecular complexity index is 1070. The molecule has 3 rings (SSSR count). The molecule has 1 aromatic heterocycles. The molecular formula is C19H20N4O4S. The molecule has 0 unspecified atom stereocenters. The summed E-state index contributed by atoms with van der Waals surface area (Å²) in [6, 6.07) is 7.75. The Balaban J connectivity index is 2.45. The zero-order chi connectivity index (χ0) is 20.6. The van der Waals surface area contributed by atoms with Crippen LogP contribution in [0.25, 0.3) is 5.70 Å². The van der Waals surface area contributed by atoms with E-state index in [0.717, 1.165) is 0 Å². The molecule has 0 atom stereocenters. The van der Waals surface area contributed by atoms with Crippen LogP contribution >= 0.6 is 12.2 Å². The molecule has 0 bridgehead atoms. The summed E-state index contributed by atoms with van der Waals surface area (Å²) in [6.45, 7) is 5.31. The summed E-state index contributed by atoms with van der Waals surface area (Å²) < 4.78 is 7.58. The Morgan fingerprint density at radius 2 is 2.00 bits per heavy atom. The highest BCUT2D eigenvalue weighted by Crippen LogP contribution is 2.44. The minimum atomic E-state index is -0.874. The van der Waals surface area contributed by atoms with E-state index in [2.05, 4.69) is 10.6 Å². The van der Waals surface area contributed by atoms with E-state index >= 15 is 0 Å². The van der Waals surface area contributed by atoms with Crippen LogP contribution in [0.15, 0.2) is 47.0 Å². The van der Waals surface area contributed by atoms with Crippen molar-refractivity contribution in [3.63, 3.8) is 0 Å². The lowest BCUT2D eigenvalue weighted by Gasteiger charge is -2.38. The second-order valence-electron chi connectivity index (χ2n) is 6.79. The van der Waals surface area contributed by atoms with Crippen LogP contribution in [0.3, 0.4) is 0 Å². The van der Waals surface area contributed by atoms with Crippen molar-refractivity contribution >= 4 is 28.7 Å². The molecule has 0 spiro atoms. The van der Waals surface area contributed by atoms with Crippen LogP contribution < -0.4 is 20.9 Å². The van der Waals surface area contributed by atoms with Gasteiger partial charge in [0.2, 0.25) is 0 Å². The summed E-state index contributed by atoms with van der Waals surface area (Å²) in [4.78, 5) is 23.7. The number of thiocarbonyl (C=S) groups is 1. The summed E-state index contributed by atoms with van der Waals surface area (Å²) in [5, 5.41) is 17.8. The molecule has 1 aromatic carbocycles. The number of nitro benzene ring substituents is 1. The predicted molar refractivity (Wildman–Crippen MR) is 110 cm³/mol. The number of pyridine rings is 1. The van der Waals surface area contributed by atoms with E-state index in [-0.39, 0.29) is 11.2 Å². The molecule has 0 aliphatic carbocycles. The summed E-state index contributed by atoms with van der Waals surface area (Å²) in [5.74, 6) is 0.458. The van der Waals surface area contributed by atoms with E-state index in [1.807, 2.05) is 13.8 Å². The van der Waals surface area contributed by atoms with Gasteiger partial charge in [0.05, 0.1) is 21.9 Å². The van der Waals surface area contributed by atoms with Gasteiger partial charge in [-0.1, -0.05) is 6.07 Å². The molecule has 146 valence electrons. The molecule has 0 saturated carbocycles. The van der Waals surface area contributed by atoms with E-state index in [4.69, 9.17) is 17.0 Å². The van der Waals surface area contributed by atoms with Crippen molar-refractivity contribution in [2.75, 3.05) is 7.05 Å². The summed E-state index contributed by atoms with van der Waals surface area (Å²) >= 11 is 5.27. The number of hydrogen-bond donors (Lipinski definition) is 2. The third-order valence-electron chi connectivity index (χ3n) is 4.56. The highest BCUT2D eigenvalue weighted by molar-refractivity contribution is 7.80. The van der Waals surface area contributed by atoms with Gasteiger partial charge < -0.3 is 15.4 Å². The van der Waals surface area contributed by atoms with E-state index < -0.39 is 10.5 Å². The summed E-state index contributed by atoms with van der Waals surface area (Å²) in [6.07, 6.45) is 1.62. The first-order valence-electron chi connectivity index (χ1n) is 8.56. The molecule has 1 aliphatic rings. The predicted octanol–water partition coefficient (Wildman–Crippen LogP) is 2.55. The van der Waals surface area contributed by atoms with Crippen molar-refractivity contribution in [1.29, 1.82) is 0 Å². The number of rotatable bonds is 3. The van der Waals surface area contributed by atoms with Crippen LogP contribution in [-0.4, -0.2) is 27.3 Å². The standard InChI is InChI=1S/C19H20N4O4S/c1-11-12(23(25)26)8-9-13-15(11)16(22-10-6-5-7-14(22)24)17(19(2,3)27-13)21-18(28)20-4/h5-10H,1-4H3,(H2,20,21,28). The van der Waals surface area contributed by atoms with Gasteiger partial charge in [-0.05, 0) is 45.1 Å². The smallest absolute Gasteiger partial charge is 0.273 e. The molecule has 9 heteroatoms. The van der Waals surface area contributed by atoms with Crippen LogP contribution in [0.5, 0.6) is 5.75 Å². The number of nitrogens with one attached hydrogen (secondary N) is 2. The lowest BCUT2D eigenvalue weighted by atomic mass is 9.91. The van der Waals surface area contributed by atoms with Crippen molar-refractivity contribution in [2.24, 2.45) is 0 Å². The first-order chi connectivity index (χ1) is 13.2. The topological polar surface area (TPSA) is 98.4 Å². The molecule has 2 heterocycles. The van der Waals surface area contributed by atoms with Gasteiger partial charge >= 0.3 is 0 Å². The molecule has 8 nitrogen and oxygen atoms in total. The number of aromatic nitrogens is 1. The third-order valence-corrected chi connectivity index (χ3v) is 4.87. The quantitative estimate of drug-likeness (QED) is 0.464. The van der Waals surface area contributed by atoms with Gasteiger partial charge in [0.25, 0.3) is 11.2 Å². The van der Waals surface area contributed by atoms with E-state index in [9.17, 15) is 14.9 Å². The van der Waals surface area contributed by atoms with Gasteiger partial charge in [0.1, 0.15) is 11.4 Å². The number of fused-ring (bicyclic) bond motifs is 1. The van der Waals surface area contributed by atoms with Crippen LogP contribution in [0.2, 0.25) is 0 Å². The molecule has 2 aromatic rings. The average Bonchev–Trinajstić information content (AvgIpc) is 2.62. The first kappa shape index (κ1) is 19.6. The van der Waals surface area contributed by atoms with Crippen molar-refractivity contribution in [2.45, 2.75) is 26.4 Å². The van der Waals surface area contributed by atoms with Gasteiger partial charge in [0.15, 0.2) is 5.11 Å². The third kappa shape index (κ3) is 3.24. The number of nitrogens with zero attached hydrogens (tertiary/aromatic N) is 2. The largest absolute Gasteiger partial charge is 0.481 e. The van der Waals surface area contributed by atoms with Gasteiger partial charge in [0, 0.05) is 30.9 Å². The van der Waals surface area contributed by atoms with Gasteiger partial charge in [-0.25, -0.2) is 0 Å². The Kier molecular flexibility index (Phi) is 4.95. The van der Waals surface area contributed by atoms with Crippen LogP contribution in [0.1, 0.15) is 25.0 Å². The van der Waals surface area contributed by atoms with Gasteiger partial charge in [-0.3, -0.25) is 19.5 Å². The average molecular weight is 400 g/mol. The van der Waals surface area contributed by atoms with Crippen molar-refractivity contribution < 1.29 is 9.66 Å². The first-order valence-corrected chi connectivity index (χ1v) is 8.97. The van der Waals surface area contributed by atoms with E-state index in [1.54, 1.807) is 38.4 Å². The fourth-order valence-electron chi connectivity index (χ4n) is 3.23. The monoisotopic (exact) mass is 400 g/mol. The molecule has 2 N–H and O–H groups in total. The highest BCUT2D eigenvalue weighted by Gasteiger charge is 2.39. The Morgan fingerprint density at radius 3 is 2.61 bits per heavy atom. The molecule has 0 amide bonds. The number of nitro groups is 1. The Hall–Kier alpha value is -3.20. The number of ether oxygens (including phenoxy) is 1. The maximum Gasteiger partial charge on any atom is 0.273 e. The SMILES string of the molecule is CNC(=S)NC1=C(n2ccccc2=O)c2c(ccc([N+](=O)[O-])c2C)OC1(C)C. The van der Waals surface area contributed by atoms with Gasteiger partial charge in [-0.15, -0.1) is 0 Å². The van der Waals surface area contributed by atoms with Crippen molar-refractivity contribution in [1.82, 2.24) is 15.2 Å². The zero-order valence-electron chi connectivity index (χ0n) is 15.9. The second-order valence-corrected chi connectivity index (χ2v) is 7.20. The number of hydrogen-bond acceptors (Lipinski definition) is 5. The lowest BCUT2D eigenvalue weighted by molar-refractivity contribution is -0.385. The fourth-order valence-corrected chi connectivity index (χ4v) is 3.33. The number of benzene rings is 1. The van der Waals surface area contributed by atoms with Crippen LogP contribution in [0, 0.1) is 17.0 Å². The van der Waals surface area contributed by atoms with Crippen molar-refractivity contribution in [3.05, 3.63) is 73.8 Å². The Labute approximate surface area is 167 Å². The second kappa shape index (κ2) is 7.08. The highest BCUT2D eigenvalue weighted by atomic mass is 32.1. The van der Waals surface area contributed by atoms with Crippen LogP contribution in [0.4, 0.5) is 5.69 Å². The molecule has 1 aliphatic heterocycles. The van der Waals surface area contributed by atoms with E-state index in [1.165, 1.54) is 16.7 Å². The molecule has 0 fully saturated rings. The molecular weight excluding hydrogens is 380 g/mol. The summed E-state index contributed by atoms with van der Waals surface area (Å²) in [7, 11) is 1.67. The zero-order valence-corrected chi connectivity index (χ0v) is 16.7. The maximum atomic E-state index is 12.6. The minimum Gasteiger partial charge on any atom is -0.481 e. The summed E-state index contributed by atoms with van der Waals surface area (Å²) in [5.41, 5.74) is 0.663. The van der Waals surface area contributed by atoms with Crippen LogP contribution in [-0.2, 0) is 0 Å². The molecule has 0 radical (unpaired) electrons. The lowest BCUT2D eigenvalue weighted by Crippen LogP contribution is -2.47. The van der Waals surface area contributed by atoms with Crippen molar-refractivity contribution in [3.8, 4) is 5.75 Å². The normalized spacial score (nSPS) is 14.7. The molecule has 0 saturated heterocycles. The van der Waals surface area contributed by atoms with Gasteiger partial charge in [-0.2, -0.15) is 0 Å². The molecule has 28 heavy (non-hydrogen) atoms.